The molecule has 0 fully saturated rings. The van der Waals surface area contributed by atoms with Crippen molar-refractivity contribution in [2.75, 3.05) is 6.54 Å². The first-order chi connectivity index (χ1) is 8.54. The third-order valence-electron chi connectivity index (χ3n) is 3.20. The molecule has 0 radical (unpaired) electrons. The van der Waals surface area contributed by atoms with Gasteiger partial charge in [0, 0.05) is 5.56 Å². The highest BCUT2D eigenvalue weighted by Crippen LogP contribution is 2.19. The van der Waals surface area contributed by atoms with Crippen molar-refractivity contribution in [3.05, 3.63) is 48.0 Å². The normalized spacial score (nSPS) is 11.7. The van der Waals surface area contributed by atoms with Crippen LogP contribution in [0.5, 0.6) is 0 Å². The van der Waals surface area contributed by atoms with E-state index < -0.39 is 5.54 Å². The Morgan fingerprint density at radius 2 is 1.78 bits per heavy atom. The van der Waals surface area contributed by atoms with Gasteiger partial charge < -0.3 is 5.32 Å². The second-order valence-corrected chi connectivity index (χ2v) is 5.05. The maximum atomic E-state index is 12.4. The molecule has 0 atom stereocenters. The molecule has 0 spiro atoms. The molecule has 2 aromatic carbocycles. The van der Waals surface area contributed by atoms with E-state index in [9.17, 15) is 4.79 Å². The summed E-state index contributed by atoms with van der Waals surface area (Å²) in [5.41, 5.74) is 0.247. The average Bonchev–Trinajstić information content (AvgIpc) is 2.37. The Labute approximate surface area is 108 Å². The van der Waals surface area contributed by atoms with Crippen LogP contribution in [0.1, 0.15) is 31.1 Å². The predicted molar refractivity (Wildman–Crippen MR) is 76.0 cm³/mol. The number of benzene rings is 2. The lowest BCUT2D eigenvalue weighted by molar-refractivity contribution is 0.0884. The SMILES string of the molecule is CCNC(C)(C)C(=O)c1ccc2ccccc2c1. The highest BCUT2D eigenvalue weighted by Gasteiger charge is 2.27. The number of hydrogen-bond acceptors (Lipinski definition) is 2. The second-order valence-electron chi connectivity index (χ2n) is 5.05. The number of Topliss-reactive ketones (excluding diaryl/α,β-unsaturated/α-hetero) is 1. The van der Waals surface area contributed by atoms with E-state index in [1.807, 2.05) is 57.2 Å². The molecular weight excluding hydrogens is 222 g/mol. The number of hydrogen-bond donors (Lipinski definition) is 1. The molecule has 0 heterocycles. The summed E-state index contributed by atoms with van der Waals surface area (Å²) in [7, 11) is 0. The van der Waals surface area contributed by atoms with Gasteiger partial charge in [0.05, 0.1) is 5.54 Å². The van der Waals surface area contributed by atoms with Gasteiger partial charge in [0.25, 0.3) is 0 Å². The van der Waals surface area contributed by atoms with Crippen LogP contribution in [-0.4, -0.2) is 17.9 Å². The van der Waals surface area contributed by atoms with Gasteiger partial charge in [-0.2, -0.15) is 0 Å². The van der Waals surface area contributed by atoms with E-state index in [0.29, 0.717) is 0 Å². The summed E-state index contributed by atoms with van der Waals surface area (Å²) in [4.78, 5) is 12.4. The number of carbonyl (C=O) groups is 1. The Hall–Kier alpha value is -1.67. The lowest BCUT2D eigenvalue weighted by Crippen LogP contribution is -2.46. The molecule has 0 aliphatic rings. The van der Waals surface area contributed by atoms with E-state index in [0.717, 1.165) is 22.9 Å². The third kappa shape index (κ3) is 2.44. The number of nitrogens with one attached hydrogen (secondary N) is 1. The maximum Gasteiger partial charge on any atom is 0.182 e. The smallest absolute Gasteiger partial charge is 0.182 e. The zero-order chi connectivity index (χ0) is 13.2. The molecule has 0 bridgehead atoms. The number of likely N-dealkylation sites (N-methyl/N-ethyl adjacent to an activating group) is 1. The number of rotatable bonds is 4. The Kier molecular flexibility index (Phi) is 3.48. The van der Waals surface area contributed by atoms with Crippen LogP contribution in [0.4, 0.5) is 0 Å². The Balaban J connectivity index is 2.39. The minimum atomic E-state index is -0.517. The molecule has 0 unspecified atom stereocenters. The lowest BCUT2D eigenvalue weighted by atomic mass is 9.92. The standard InChI is InChI=1S/C16H19NO/c1-4-17-16(2,3)15(18)14-10-9-12-7-5-6-8-13(12)11-14/h5-11,17H,4H2,1-3H3. The summed E-state index contributed by atoms with van der Waals surface area (Å²) in [5.74, 6) is 0.134. The van der Waals surface area contributed by atoms with Crippen LogP contribution < -0.4 is 5.32 Å². The van der Waals surface area contributed by atoms with Crippen LogP contribution >= 0.6 is 0 Å². The first-order valence-electron chi connectivity index (χ1n) is 6.33. The van der Waals surface area contributed by atoms with Crippen molar-refractivity contribution in [1.82, 2.24) is 5.32 Å². The number of ketones is 1. The fourth-order valence-corrected chi connectivity index (χ4v) is 2.21. The van der Waals surface area contributed by atoms with Crippen LogP contribution in [0.15, 0.2) is 42.5 Å². The Morgan fingerprint density at radius 1 is 1.11 bits per heavy atom. The van der Waals surface area contributed by atoms with Crippen molar-refractivity contribution in [3.8, 4) is 0 Å². The minimum Gasteiger partial charge on any atom is -0.305 e. The highest BCUT2D eigenvalue weighted by molar-refractivity contribution is 6.05. The first-order valence-corrected chi connectivity index (χ1v) is 6.33. The van der Waals surface area contributed by atoms with E-state index in [1.165, 1.54) is 0 Å². The summed E-state index contributed by atoms with van der Waals surface area (Å²) in [6.07, 6.45) is 0. The topological polar surface area (TPSA) is 29.1 Å². The van der Waals surface area contributed by atoms with Gasteiger partial charge in [-0.05, 0) is 37.2 Å². The molecule has 2 heteroatoms. The fraction of sp³-hybridized carbons (Fsp3) is 0.312. The molecule has 18 heavy (non-hydrogen) atoms. The second kappa shape index (κ2) is 4.91. The summed E-state index contributed by atoms with van der Waals surface area (Å²) < 4.78 is 0. The van der Waals surface area contributed by atoms with Crippen molar-refractivity contribution in [2.24, 2.45) is 0 Å². The molecule has 2 aromatic rings. The van der Waals surface area contributed by atoms with Gasteiger partial charge in [-0.15, -0.1) is 0 Å². The van der Waals surface area contributed by atoms with Crippen molar-refractivity contribution in [1.29, 1.82) is 0 Å². The largest absolute Gasteiger partial charge is 0.305 e. The first kappa shape index (κ1) is 12.8. The molecule has 94 valence electrons. The van der Waals surface area contributed by atoms with Gasteiger partial charge in [0.1, 0.15) is 0 Å². The summed E-state index contributed by atoms with van der Waals surface area (Å²) in [6.45, 7) is 6.64. The van der Waals surface area contributed by atoms with Gasteiger partial charge >= 0.3 is 0 Å². The molecule has 1 N–H and O–H groups in total. The summed E-state index contributed by atoms with van der Waals surface area (Å²) in [6, 6.07) is 14.0. The van der Waals surface area contributed by atoms with Gasteiger partial charge in [-0.3, -0.25) is 4.79 Å². The molecule has 2 rings (SSSR count). The molecular formula is C16H19NO. The fourth-order valence-electron chi connectivity index (χ4n) is 2.21. The third-order valence-corrected chi connectivity index (χ3v) is 3.20. The molecule has 2 nitrogen and oxygen atoms in total. The van der Waals surface area contributed by atoms with Crippen molar-refractivity contribution in [2.45, 2.75) is 26.3 Å². The van der Waals surface area contributed by atoms with Crippen LogP contribution in [-0.2, 0) is 0 Å². The maximum absolute atomic E-state index is 12.4. The predicted octanol–water partition coefficient (Wildman–Crippen LogP) is 3.41. The molecule has 0 aliphatic carbocycles. The highest BCUT2D eigenvalue weighted by atomic mass is 16.1. The van der Waals surface area contributed by atoms with E-state index in [4.69, 9.17) is 0 Å². The number of fused-ring (bicyclic) bond motifs is 1. The Morgan fingerprint density at radius 3 is 2.44 bits per heavy atom. The van der Waals surface area contributed by atoms with Crippen molar-refractivity contribution >= 4 is 16.6 Å². The van der Waals surface area contributed by atoms with Gasteiger partial charge in [0.2, 0.25) is 0 Å². The molecule has 0 saturated heterocycles. The lowest BCUT2D eigenvalue weighted by Gasteiger charge is -2.24. The number of carbonyl (C=O) groups excluding carboxylic acids is 1. The van der Waals surface area contributed by atoms with Crippen LogP contribution in [0.3, 0.4) is 0 Å². The van der Waals surface area contributed by atoms with E-state index >= 15 is 0 Å². The summed E-state index contributed by atoms with van der Waals surface area (Å²) in [5, 5.41) is 5.49. The average molecular weight is 241 g/mol. The van der Waals surface area contributed by atoms with E-state index in [-0.39, 0.29) is 5.78 Å². The molecule has 0 saturated carbocycles. The quantitative estimate of drug-likeness (QED) is 0.831. The molecule has 0 aromatic heterocycles. The monoisotopic (exact) mass is 241 g/mol. The minimum absolute atomic E-state index is 0.134. The summed E-state index contributed by atoms with van der Waals surface area (Å²) >= 11 is 0. The zero-order valence-electron chi connectivity index (χ0n) is 11.2. The van der Waals surface area contributed by atoms with Crippen LogP contribution in [0.2, 0.25) is 0 Å². The van der Waals surface area contributed by atoms with Crippen molar-refractivity contribution < 1.29 is 4.79 Å². The Bertz CT molecular complexity index is 572. The zero-order valence-corrected chi connectivity index (χ0v) is 11.2. The van der Waals surface area contributed by atoms with Crippen LogP contribution in [0, 0.1) is 0 Å². The van der Waals surface area contributed by atoms with E-state index in [2.05, 4.69) is 11.4 Å². The molecule has 0 aliphatic heterocycles. The van der Waals surface area contributed by atoms with Gasteiger partial charge in [0.15, 0.2) is 5.78 Å². The van der Waals surface area contributed by atoms with Crippen LogP contribution in [0.25, 0.3) is 10.8 Å². The van der Waals surface area contributed by atoms with E-state index in [1.54, 1.807) is 0 Å². The van der Waals surface area contributed by atoms with Gasteiger partial charge in [-0.25, -0.2) is 0 Å². The van der Waals surface area contributed by atoms with Gasteiger partial charge in [-0.1, -0.05) is 43.3 Å². The van der Waals surface area contributed by atoms with Crippen molar-refractivity contribution in [3.63, 3.8) is 0 Å². The molecule has 0 amide bonds.